The van der Waals surface area contributed by atoms with Crippen LogP contribution in [0.4, 0.5) is 0 Å². The van der Waals surface area contributed by atoms with Crippen LogP contribution in [0.2, 0.25) is 0 Å². The lowest BCUT2D eigenvalue weighted by Crippen LogP contribution is -2.11. The van der Waals surface area contributed by atoms with Crippen LogP contribution in [0.25, 0.3) is 0 Å². The Balaban J connectivity index is 1.96. The molecule has 0 bridgehead atoms. The first kappa shape index (κ1) is 15.1. The Kier molecular flexibility index (Phi) is 4.99. The molecule has 3 heteroatoms. The summed E-state index contributed by atoms with van der Waals surface area (Å²) < 4.78 is 10.9. The topological polar surface area (TPSA) is 35.5 Å². The molecule has 0 fully saturated rings. The van der Waals surface area contributed by atoms with Gasteiger partial charge in [0.15, 0.2) is 12.4 Å². The zero-order chi connectivity index (χ0) is 15.2. The molecule has 0 spiro atoms. The molecule has 0 heterocycles. The van der Waals surface area contributed by atoms with Gasteiger partial charge in [-0.25, -0.2) is 0 Å². The number of ether oxygens (including phenoxy) is 2. The Hall–Kier alpha value is -2.29. The van der Waals surface area contributed by atoms with E-state index in [2.05, 4.69) is 0 Å². The molecule has 110 valence electrons. The highest BCUT2D eigenvalue weighted by Gasteiger charge is 2.07. The largest absolute Gasteiger partial charge is 0.494 e. The first-order chi connectivity index (χ1) is 10.1. The van der Waals surface area contributed by atoms with Crippen LogP contribution in [0, 0.1) is 13.8 Å². The summed E-state index contributed by atoms with van der Waals surface area (Å²) in [6.45, 7) is 6.65. The van der Waals surface area contributed by atoms with Crippen LogP contribution >= 0.6 is 0 Å². The predicted molar refractivity (Wildman–Crippen MR) is 83.4 cm³/mol. The number of carbonyl (C=O) groups is 1. The van der Waals surface area contributed by atoms with Crippen molar-refractivity contribution in [2.24, 2.45) is 0 Å². The molecule has 0 saturated heterocycles. The lowest BCUT2D eigenvalue weighted by molar-refractivity contribution is 0.0921. The quantitative estimate of drug-likeness (QED) is 0.753. The third-order valence-electron chi connectivity index (χ3n) is 3.34. The van der Waals surface area contributed by atoms with E-state index in [9.17, 15) is 4.79 Å². The molecule has 0 aliphatic heterocycles. The van der Waals surface area contributed by atoms with Crippen LogP contribution in [0.15, 0.2) is 42.5 Å². The summed E-state index contributed by atoms with van der Waals surface area (Å²) in [7, 11) is 0. The zero-order valence-corrected chi connectivity index (χ0v) is 12.7. The van der Waals surface area contributed by atoms with Crippen molar-refractivity contribution in [3.63, 3.8) is 0 Å². The number of benzene rings is 2. The van der Waals surface area contributed by atoms with Gasteiger partial charge in [0.1, 0.15) is 11.5 Å². The maximum Gasteiger partial charge on any atom is 0.200 e. The van der Waals surface area contributed by atoms with E-state index in [1.807, 2.05) is 39.0 Å². The van der Waals surface area contributed by atoms with Gasteiger partial charge in [0.25, 0.3) is 0 Å². The molecule has 0 aliphatic carbocycles. The Morgan fingerprint density at radius 3 is 2.19 bits per heavy atom. The fraction of sp³-hybridized carbons (Fsp3) is 0.278. The Bertz CT molecular complexity index is 615. The second-order valence-electron chi connectivity index (χ2n) is 4.92. The minimum absolute atomic E-state index is 0.0382. The molecule has 2 aromatic carbocycles. The lowest BCUT2D eigenvalue weighted by atomic mass is 10.1. The van der Waals surface area contributed by atoms with Crippen molar-refractivity contribution in [2.75, 3.05) is 13.2 Å². The summed E-state index contributed by atoms with van der Waals surface area (Å²) in [5.41, 5.74) is 2.99. The molecule has 2 rings (SSSR count). The van der Waals surface area contributed by atoms with Crippen LogP contribution in [0.3, 0.4) is 0 Å². The van der Waals surface area contributed by atoms with Crippen molar-refractivity contribution < 1.29 is 14.3 Å². The molecule has 0 saturated carbocycles. The summed E-state index contributed by atoms with van der Waals surface area (Å²) >= 11 is 0. The minimum Gasteiger partial charge on any atom is -0.494 e. The first-order valence-corrected chi connectivity index (χ1v) is 7.06. The molecule has 0 aliphatic rings. The van der Waals surface area contributed by atoms with E-state index in [1.165, 1.54) is 5.56 Å². The number of aryl methyl sites for hydroxylation is 2. The number of ketones is 1. The van der Waals surface area contributed by atoms with Crippen molar-refractivity contribution in [1.29, 1.82) is 0 Å². The van der Waals surface area contributed by atoms with Gasteiger partial charge in [0.05, 0.1) is 6.61 Å². The van der Waals surface area contributed by atoms with Gasteiger partial charge in [0, 0.05) is 5.56 Å². The van der Waals surface area contributed by atoms with E-state index in [-0.39, 0.29) is 12.4 Å². The molecular weight excluding hydrogens is 264 g/mol. The SMILES string of the molecule is CCOc1ccc(C(=O)COc2ccc(C)c(C)c2)cc1. The monoisotopic (exact) mass is 284 g/mol. The van der Waals surface area contributed by atoms with Crippen molar-refractivity contribution in [3.05, 3.63) is 59.2 Å². The molecule has 3 nitrogen and oxygen atoms in total. The number of hydrogen-bond acceptors (Lipinski definition) is 3. The van der Waals surface area contributed by atoms with Gasteiger partial charge in [-0.3, -0.25) is 4.79 Å². The predicted octanol–water partition coefficient (Wildman–Crippen LogP) is 3.96. The molecule has 21 heavy (non-hydrogen) atoms. The van der Waals surface area contributed by atoms with E-state index < -0.39 is 0 Å². The zero-order valence-electron chi connectivity index (χ0n) is 12.7. The maximum absolute atomic E-state index is 12.1. The number of hydrogen-bond donors (Lipinski definition) is 0. The molecule has 0 radical (unpaired) electrons. The van der Waals surface area contributed by atoms with E-state index in [0.717, 1.165) is 17.1 Å². The highest BCUT2D eigenvalue weighted by Crippen LogP contribution is 2.17. The lowest BCUT2D eigenvalue weighted by Gasteiger charge is -2.08. The van der Waals surface area contributed by atoms with Crippen molar-refractivity contribution in [2.45, 2.75) is 20.8 Å². The first-order valence-electron chi connectivity index (χ1n) is 7.06. The van der Waals surface area contributed by atoms with Gasteiger partial charge in [0.2, 0.25) is 0 Å². The second kappa shape index (κ2) is 6.93. The standard InChI is InChI=1S/C18H20O3/c1-4-20-16-9-6-15(7-10-16)18(19)12-21-17-8-5-13(2)14(3)11-17/h5-11H,4,12H2,1-3H3. The van der Waals surface area contributed by atoms with E-state index in [4.69, 9.17) is 9.47 Å². The summed E-state index contributed by atoms with van der Waals surface area (Å²) in [6.07, 6.45) is 0. The molecule has 0 unspecified atom stereocenters. The van der Waals surface area contributed by atoms with Crippen LogP contribution in [0.5, 0.6) is 11.5 Å². The summed E-state index contributed by atoms with van der Waals surface area (Å²) in [4.78, 5) is 12.1. The third-order valence-corrected chi connectivity index (χ3v) is 3.34. The maximum atomic E-state index is 12.1. The van der Waals surface area contributed by atoms with Crippen LogP contribution in [-0.4, -0.2) is 19.0 Å². The molecule has 0 N–H and O–H groups in total. The molecular formula is C18H20O3. The fourth-order valence-electron chi connectivity index (χ4n) is 1.94. The Morgan fingerprint density at radius 2 is 1.57 bits per heavy atom. The van der Waals surface area contributed by atoms with Crippen LogP contribution in [-0.2, 0) is 0 Å². The van der Waals surface area contributed by atoms with Crippen LogP contribution < -0.4 is 9.47 Å². The van der Waals surface area contributed by atoms with Gasteiger partial charge in [-0.1, -0.05) is 6.07 Å². The van der Waals surface area contributed by atoms with Gasteiger partial charge in [-0.05, 0) is 68.3 Å². The molecule has 0 atom stereocenters. The highest BCUT2D eigenvalue weighted by atomic mass is 16.5. The summed E-state index contributed by atoms with van der Waals surface area (Å²) in [6, 6.07) is 12.9. The smallest absolute Gasteiger partial charge is 0.200 e. The average Bonchev–Trinajstić information content (AvgIpc) is 2.49. The highest BCUT2D eigenvalue weighted by molar-refractivity contribution is 5.97. The van der Waals surface area contributed by atoms with E-state index >= 15 is 0 Å². The number of rotatable bonds is 6. The number of carbonyl (C=O) groups excluding carboxylic acids is 1. The summed E-state index contributed by atoms with van der Waals surface area (Å²) in [5.74, 6) is 1.44. The van der Waals surface area contributed by atoms with Crippen molar-refractivity contribution >= 4 is 5.78 Å². The molecule has 0 aromatic heterocycles. The minimum atomic E-state index is -0.0451. The summed E-state index contributed by atoms with van der Waals surface area (Å²) in [5, 5.41) is 0. The second-order valence-corrected chi connectivity index (χ2v) is 4.92. The van der Waals surface area contributed by atoms with E-state index in [0.29, 0.717) is 12.2 Å². The average molecular weight is 284 g/mol. The number of Topliss-reactive ketones (excluding diaryl/α,β-unsaturated/α-hetero) is 1. The van der Waals surface area contributed by atoms with Gasteiger partial charge >= 0.3 is 0 Å². The van der Waals surface area contributed by atoms with Crippen molar-refractivity contribution in [1.82, 2.24) is 0 Å². The Morgan fingerprint density at radius 1 is 0.905 bits per heavy atom. The normalized spacial score (nSPS) is 10.2. The van der Waals surface area contributed by atoms with Gasteiger partial charge in [-0.15, -0.1) is 0 Å². The van der Waals surface area contributed by atoms with Gasteiger partial charge < -0.3 is 9.47 Å². The molecule has 2 aromatic rings. The molecule has 0 amide bonds. The van der Waals surface area contributed by atoms with Crippen molar-refractivity contribution in [3.8, 4) is 11.5 Å². The third kappa shape index (κ3) is 4.09. The fourth-order valence-corrected chi connectivity index (χ4v) is 1.94. The Labute approximate surface area is 125 Å². The van der Waals surface area contributed by atoms with Crippen LogP contribution in [0.1, 0.15) is 28.4 Å². The van der Waals surface area contributed by atoms with Gasteiger partial charge in [-0.2, -0.15) is 0 Å². The van der Waals surface area contributed by atoms with E-state index in [1.54, 1.807) is 24.3 Å².